The third kappa shape index (κ3) is 3.26. The summed E-state index contributed by atoms with van der Waals surface area (Å²) in [5, 5.41) is 2.81. The van der Waals surface area contributed by atoms with Crippen LogP contribution in [0.1, 0.15) is 28.2 Å². The quantitative estimate of drug-likeness (QED) is 0.162. The summed E-state index contributed by atoms with van der Waals surface area (Å²) in [5.74, 6) is -1.88. The molecule has 2 amide bonds. The first-order valence-electron chi connectivity index (χ1n) is 13.6. The van der Waals surface area contributed by atoms with Crippen molar-refractivity contribution in [1.82, 2.24) is 0 Å². The monoisotopic (exact) mass is 572 g/mol. The van der Waals surface area contributed by atoms with Crippen LogP contribution in [0.5, 0.6) is 0 Å². The van der Waals surface area contributed by atoms with Crippen LogP contribution in [0.25, 0.3) is 10.8 Å². The minimum absolute atomic E-state index is 0.177. The molecule has 0 radical (unpaired) electrons. The number of anilines is 1. The predicted molar refractivity (Wildman–Crippen MR) is 164 cm³/mol. The van der Waals surface area contributed by atoms with E-state index in [1.807, 2.05) is 72.9 Å². The van der Waals surface area contributed by atoms with E-state index in [0.717, 1.165) is 33.0 Å². The lowest BCUT2D eigenvalue weighted by Gasteiger charge is -2.52. The van der Waals surface area contributed by atoms with Gasteiger partial charge in [0.15, 0.2) is 0 Å². The first-order valence-corrected chi connectivity index (χ1v) is 14.3. The van der Waals surface area contributed by atoms with Crippen molar-refractivity contribution >= 4 is 63.4 Å². The summed E-state index contributed by atoms with van der Waals surface area (Å²) in [4.78, 5) is 35.6. The zero-order valence-electron chi connectivity index (χ0n) is 21.7. The molecule has 0 spiro atoms. The third-order valence-electron chi connectivity index (χ3n) is 9.01. The number of amides is 2. The van der Waals surface area contributed by atoms with Crippen LogP contribution < -0.4 is 4.90 Å². The van der Waals surface area contributed by atoms with Gasteiger partial charge in [-0.05, 0) is 51.9 Å². The number of hydrogen-bond acceptors (Lipinski definition) is 3. The summed E-state index contributed by atoms with van der Waals surface area (Å²) < 4.78 is 0. The number of fused-ring (bicyclic) bond motifs is 1. The van der Waals surface area contributed by atoms with Gasteiger partial charge in [0.05, 0.1) is 33.6 Å². The highest BCUT2D eigenvalue weighted by molar-refractivity contribution is 6.35. The second kappa shape index (κ2) is 8.87. The number of carbonyl (C=O) groups is 2. The van der Waals surface area contributed by atoms with E-state index < -0.39 is 17.3 Å². The Morgan fingerprint density at radius 2 is 1.39 bits per heavy atom. The molecular weight excluding hydrogens is 551 g/mol. The molecule has 1 heterocycles. The topological polar surface area (TPSA) is 49.7 Å². The Morgan fingerprint density at radius 3 is 2.15 bits per heavy atom. The molecule has 2 bridgehead atoms. The SMILES string of the molecule is O=C1[C@@H]2C3c4ccccc4C(C=Nc4cc(Cl)ccc4Cl)(c4ccccc43)[C@H]2C(=O)N1c1cccc2ccccc12. The summed E-state index contributed by atoms with van der Waals surface area (Å²) >= 11 is 12.8. The van der Waals surface area contributed by atoms with Crippen LogP contribution in [-0.4, -0.2) is 18.0 Å². The van der Waals surface area contributed by atoms with Crippen LogP contribution in [-0.2, 0) is 15.0 Å². The molecule has 4 nitrogen and oxygen atoms in total. The zero-order valence-corrected chi connectivity index (χ0v) is 23.2. The maximum atomic E-state index is 14.7. The number of carbonyl (C=O) groups excluding carboxylic acids is 2. The molecule has 2 atom stereocenters. The molecule has 5 aromatic carbocycles. The molecule has 0 unspecified atom stereocenters. The van der Waals surface area contributed by atoms with Crippen LogP contribution >= 0.6 is 23.2 Å². The normalized spacial score (nSPS) is 24.1. The van der Waals surface area contributed by atoms with Gasteiger partial charge < -0.3 is 0 Å². The fraction of sp³-hybridized carbons (Fsp3) is 0.114. The lowest BCUT2D eigenvalue weighted by Crippen LogP contribution is -2.54. The highest BCUT2D eigenvalue weighted by atomic mass is 35.5. The van der Waals surface area contributed by atoms with E-state index in [1.165, 1.54) is 4.90 Å². The summed E-state index contributed by atoms with van der Waals surface area (Å²) in [6.07, 6.45) is 1.84. The summed E-state index contributed by atoms with van der Waals surface area (Å²) in [5.41, 5.74) is 4.24. The van der Waals surface area contributed by atoms with Crippen molar-refractivity contribution in [2.75, 3.05) is 4.90 Å². The van der Waals surface area contributed by atoms with Gasteiger partial charge in [-0.2, -0.15) is 0 Å². The average Bonchev–Trinajstić information content (AvgIpc) is 3.27. The van der Waals surface area contributed by atoms with Crippen molar-refractivity contribution in [3.05, 3.63) is 141 Å². The Bertz CT molecular complexity index is 1910. The maximum Gasteiger partial charge on any atom is 0.239 e. The molecule has 0 aromatic heterocycles. The lowest BCUT2D eigenvalue weighted by molar-refractivity contribution is -0.122. The predicted octanol–water partition coefficient (Wildman–Crippen LogP) is 8.10. The second-order valence-electron chi connectivity index (χ2n) is 10.9. The molecule has 0 saturated carbocycles. The van der Waals surface area contributed by atoms with Gasteiger partial charge in [0.1, 0.15) is 0 Å². The van der Waals surface area contributed by atoms with Gasteiger partial charge in [0.2, 0.25) is 11.8 Å². The second-order valence-corrected chi connectivity index (χ2v) is 11.7. The molecule has 1 fully saturated rings. The van der Waals surface area contributed by atoms with Gasteiger partial charge in [0.25, 0.3) is 0 Å². The standard InChI is InChI=1S/C35H22Cl2N2O2/c36-21-16-17-27(37)28(18-21)38-19-35-25-13-5-3-11-23(25)30(24-12-4-6-14-26(24)35)31-32(35)34(41)39(33(31)40)29-15-7-9-20-8-1-2-10-22(20)29/h1-19,30-32H/t30?,31-,32-,35?/m1/s1. The Balaban J connectivity index is 1.41. The van der Waals surface area contributed by atoms with E-state index in [9.17, 15) is 9.59 Å². The molecule has 4 aliphatic rings. The van der Waals surface area contributed by atoms with E-state index >= 15 is 0 Å². The van der Waals surface area contributed by atoms with Crippen LogP contribution in [0.15, 0.2) is 114 Å². The zero-order chi connectivity index (χ0) is 27.9. The molecule has 198 valence electrons. The van der Waals surface area contributed by atoms with Crippen molar-refractivity contribution < 1.29 is 9.59 Å². The molecule has 41 heavy (non-hydrogen) atoms. The molecule has 0 N–H and O–H groups in total. The van der Waals surface area contributed by atoms with Crippen LogP contribution in [0.4, 0.5) is 11.4 Å². The van der Waals surface area contributed by atoms with Gasteiger partial charge in [-0.25, -0.2) is 4.90 Å². The molecule has 9 rings (SSSR count). The Labute approximate surface area is 246 Å². The minimum Gasteiger partial charge on any atom is -0.274 e. The fourth-order valence-electron chi connectivity index (χ4n) is 7.45. The van der Waals surface area contributed by atoms with Crippen molar-refractivity contribution in [1.29, 1.82) is 0 Å². The van der Waals surface area contributed by atoms with E-state index in [-0.39, 0.29) is 17.7 Å². The number of imide groups is 1. The first-order chi connectivity index (χ1) is 20.0. The Morgan fingerprint density at radius 1 is 0.732 bits per heavy atom. The molecule has 5 aromatic rings. The number of nitrogens with zero attached hydrogens (tertiary/aromatic N) is 2. The number of benzene rings is 5. The van der Waals surface area contributed by atoms with E-state index in [4.69, 9.17) is 28.2 Å². The number of halogens is 2. The average molecular weight is 573 g/mol. The van der Waals surface area contributed by atoms with Gasteiger partial charge >= 0.3 is 0 Å². The molecule has 1 aliphatic heterocycles. The van der Waals surface area contributed by atoms with Gasteiger partial charge in [-0.3, -0.25) is 14.6 Å². The fourth-order valence-corrected chi connectivity index (χ4v) is 7.78. The van der Waals surface area contributed by atoms with Gasteiger partial charge in [-0.1, -0.05) is 108 Å². The first kappa shape index (κ1) is 24.5. The van der Waals surface area contributed by atoms with Crippen molar-refractivity contribution in [3.8, 4) is 0 Å². The summed E-state index contributed by atoms with van der Waals surface area (Å²) in [7, 11) is 0. The highest BCUT2D eigenvalue weighted by Gasteiger charge is 2.68. The van der Waals surface area contributed by atoms with E-state index in [2.05, 4.69) is 24.3 Å². The number of aliphatic imine (C=N–C) groups is 1. The van der Waals surface area contributed by atoms with Crippen LogP contribution in [0.2, 0.25) is 10.0 Å². The van der Waals surface area contributed by atoms with Crippen LogP contribution in [0.3, 0.4) is 0 Å². The van der Waals surface area contributed by atoms with Crippen molar-refractivity contribution in [2.24, 2.45) is 16.8 Å². The van der Waals surface area contributed by atoms with Crippen molar-refractivity contribution in [3.63, 3.8) is 0 Å². The molecular formula is C35H22Cl2N2O2. The molecule has 6 heteroatoms. The van der Waals surface area contributed by atoms with Crippen molar-refractivity contribution in [2.45, 2.75) is 11.3 Å². The minimum atomic E-state index is -0.982. The molecule has 3 aliphatic carbocycles. The number of hydrogen-bond donors (Lipinski definition) is 0. The van der Waals surface area contributed by atoms with E-state index in [1.54, 1.807) is 18.2 Å². The smallest absolute Gasteiger partial charge is 0.239 e. The van der Waals surface area contributed by atoms with Gasteiger partial charge in [-0.15, -0.1) is 0 Å². The van der Waals surface area contributed by atoms with Gasteiger partial charge in [0, 0.05) is 22.5 Å². The van der Waals surface area contributed by atoms with E-state index in [0.29, 0.717) is 21.4 Å². The number of rotatable bonds is 3. The molecule has 1 saturated heterocycles. The third-order valence-corrected chi connectivity index (χ3v) is 9.56. The highest BCUT2D eigenvalue weighted by Crippen LogP contribution is 2.64. The van der Waals surface area contributed by atoms with Crippen LogP contribution in [0, 0.1) is 11.8 Å². The Kier molecular flexibility index (Phi) is 5.31. The summed E-state index contributed by atoms with van der Waals surface area (Å²) in [6, 6.07) is 35.0. The Hall–Kier alpha value is -4.25. The summed E-state index contributed by atoms with van der Waals surface area (Å²) in [6.45, 7) is 0. The maximum absolute atomic E-state index is 14.7. The lowest BCUT2D eigenvalue weighted by atomic mass is 9.47. The largest absolute Gasteiger partial charge is 0.274 e.